The van der Waals surface area contributed by atoms with Gasteiger partial charge >= 0.3 is 5.97 Å². The van der Waals surface area contributed by atoms with E-state index in [2.05, 4.69) is 87.8 Å². The van der Waals surface area contributed by atoms with Crippen LogP contribution in [0.25, 0.3) is 16.6 Å². The van der Waals surface area contributed by atoms with Crippen LogP contribution in [-0.2, 0) is 12.1 Å². The van der Waals surface area contributed by atoms with Gasteiger partial charge < -0.3 is 20.9 Å². The lowest BCUT2D eigenvalue weighted by Gasteiger charge is -2.38. The van der Waals surface area contributed by atoms with E-state index in [-0.39, 0.29) is 12.1 Å². The van der Waals surface area contributed by atoms with Gasteiger partial charge in [-0.05, 0) is 41.7 Å². The van der Waals surface area contributed by atoms with Crippen molar-refractivity contribution < 1.29 is 14.6 Å². The highest BCUT2D eigenvalue weighted by Crippen LogP contribution is 2.42. The first-order valence-electron chi connectivity index (χ1n) is 15.1. The Morgan fingerprint density at radius 1 is 0.889 bits per heavy atom. The largest absolute Gasteiger partial charge is 0.677 e. The molecule has 0 fully saturated rings. The Morgan fingerprint density at radius 2 is 1.51 bits per heavy atom. The van der Waals surface area contributed by atoms with E-state index in [4.69, 9.17) is 15.5 Å². The highest BCUT2D eigenvalue weighted by molar-refractivity contribution is 5.96. The average Bonchev–Trinajstić information content (AvgIpc) is 3.72. The summed E-state index contributed by atoms with van der Waals surface area (Å²) in [5.74, 6) is 0.187. The minimum absolute atomic E-state index is 0.148. The number of nitrogens with zero attached hydrogens (tertiary/aromatic N) is 4. The number of aryl methyl sites for hydroxylation is 1. The van der Waals surface area contributed by atoms with Crippen LogP contribution in [0.2, 0.25) is 0 Å². The Bertz CT molecular complexity index is 1760. The third-order valence-corrected chi connectivity index (χ3v) is 7.93. The third kappa shape index (κ3) is 5.90. The van der Waals surface area contributed by atoms with Gasteiger partial charge in [-0.2, -0.15) is 5.10 Å². The zero-order valence-electron chi connectivity index (χ0n) is 24.8. The van der Waals surface area contributed by atoms with Gasteiger partial charge in [0.15, 0.2) is 0 Å². The smallest absolute Gasteiger partial charge is 0.335 e. The standard InChI is InChI=1S/C36H35N6O3/c37-18-10-23-45-32-25-27(34(43)44)24-28-26-40-42(33(28)32)21-11-19-38-35-39-20-22-41(35)36(29-12-4-1-5-13-29,30-14-6-2-7-15-30)31-16-8-3-9-17-31/h1-9,12-17,20,22,24-26,37H,10-11,18-19,21,23H2,(H,38,39)(H,43,44)/q-1. The van der Waals surface area contributed by atoms with Crippen LogP contribution in [0.5, 0.6) is 5.75 Å². The van der Waals surface area contributed by atoms with Crippen LogP contribution in [-0.4, -0.2) is 50.1 Å². The van der Waals surface area contributed by atoms with Crippen LogP contribution in [0.3, 0.4) is 0 Å². The number of benzene rings is 4. The second kappa shape index (κ2) is 13.5. The van der Waals surface area contributed by atoms with E-state index < -0.39 is 11.5 Å². The van der Waals surface area contributed by atoms with Crippen LogP contribution in [0, 0.1) is 0 Å². The average molecular weight is 600 g/mol. The first-order chi connectivity index (χ1) is 22.1. The molecule has 0 saturated heterocycles. The molecular formula is C36H35N6O3-. The minimum Gasteiger partial charge on any atom is -0.677 e. The molecule has 6 rings (SSSR count). The number of aromatic nitrogens is 4. The second-order valence-electron chi connectivity index (χ2n) is 10.7. The van der Waals surface area contributed by atoms with Crippen molar-refractivity contribution in [2.45, 2.75) is 24.9 Å². The number of hydrogen-bond acceptors (Lipinski definition) is 5. The summed E-state index contributed by atoms with van der Waals surface area (Å²) < 4.78 is 9.99. The number of anilines is 1. The van der Waals surface area contributed by atoms with E-state index in [0.29, 0.717) is 37.3 Å². The Labute approximate surface area is 261 Å². The normalized spacial score (nSPS) is 11.5. The summed E-state index contributed by atoms with van der Waals surface area (Å²) in [5, 5.41) is 18.4. The lowest BCUT2D eigenvalue weighted by molar-refractivity contribution is 0.0696. The molecule has 0 saturated carbocycles. The van der Waals surface area contributed by atoms with Gasteiger partial charge in [0.05, 0.1) is 18.4 Å². The maximum atomic E-state index is 11.7. The van der Waals surface area contributed by atoms with Gasteiger partial charge in [0.25, 0.3) is 0 Å². The van der Waals surface area contributed by atoms with Crippen molar-refractivity contribution in [1.29, 1.82) is 0 Å². The van der Waals surface area contributed by atoms with Crippen LogP contribution in [0.4, 0.5) is 5.95 Å². The molecule has 0 amide bonds. The monoisotopic (exact) mass is 599 g/mol. The first kappa shape index (κ1) is 29.7. The van der Waals surface area contributed by atoms with Gasteiger partial charge in [0.1, 0.15) is 16.8 Å². The molecule has 6 aromatic rings. The number of nitrogens with one attached hydrogen (secondary N) is 2. The number of carboxylic acids is 1. The number of hydrogen-bond donors (Lipinski definition) is 2. The topological polar surface area (TPSA) is 118 Å². The van der Waals surface area contributed by atoms with Crippen molar-refractivity contribution in [3.63, 3.8) is 0 Å². The molecular weight excluding hydrogens is 564 g/mol. The molecule has 2 heterocycles. The molecule has 9 heteroatoms. The number of imidazole rings is 1. The third-order valence-electron chi connectivity index (χ3n) is 7.93. The molecule has 4 aromatic carbocycles. The van der Waals surface area contributed by atoms with E-state index in [9.17, 15) is 9.90 Å². The Kier molecular flexibility index (Phi) is 8.89. The van der Waals surface area contributed by atoms with Crippen LogP contribution >= 0.6 is 0 Å². The Balaban J connectivity index is 1.29. The molecule has 9 nitrogen and oxygen atoms in total. The quantitative estimate of drug-likeness (QED) is 0.102. The fraction of sp³-hybridized carbons (Fsp3) is 0.194. The predicted molar refractivity (Wildman–Crippen MR) is 176 cm³/mol. The molecule has 0 aliphatic rings. The lowest BCUT2D eigenvalue weighted by Crippen LogP contribution is -2.38. The molecule has 0 atom stereocenters. The van der Waals surface area contributed by atoms with E-state index in [1.54, 1.807) is 12.3 Å². The van der Waals surface area contributed by atoms with Gasteiger partial charge in [-0.25, -0.2) is 9.78 Å². The number of fused-ring (bicyclic) bond motifs is 1. The zero-order valence-corrected chi connectivity index (χ0v) is 24.8. The fourth-order valence-electron chi connectivity index (χ4n) is 5.94. The Morgan fingerprint density at radius 3 is 2.09 bits per heavy atom. The number of rotatable bonds is 14. The van der Waals surface area contributed by atoms with Gasteiger partial charge in [-0.1, -0.05) is 91.0 Å². The van der Waals surface area contributed by atoms with Gasteiger partial charge in [-0.15, -0.1) is 6.54 Å². The second-order valence-corrected chi connectivity index (χ2v) is 10.7. The van der Waals surface area contributed by atoms with E-state index in [0.717, 1.165) is 34.6 Å². The molecule has 3 N–H and O–H groups in total. The van der Waals surface area contributed by atoms with E-state index >= 15 is 0 Å². The van der Waals surface area contributed by atoms with Gasteiger partial charge in [0.2, 0.25) is 5.95 Å². The van der Waals surface area contributed by atoms with Crippen LogP contribution in [0.15, 0.2) is 122 Å². The summed E-state index contributed by atoms with van der Waals surface area (Å²) in [6.45, 7) is 1.78. The predicted octanol–water partition coefficient (Wildman–Crippen LogP) is 7.09. The maximum absolute atomic E-state index is 11.7. The molecule has 45 heavy (non-hydrogen) atoms. The zero-order chi connectivity index (χ0) is 31.1. The summed E-state index contributed by atoms with van der Waals surface area (Å²) in [6, 6.07) is 34.6. The summed E-state index contributed by atoms with van der Waals surface area (Å²) in [6.07, 6.45) is 6.81. The summed E-state index contributed by atoms with van der Waals surface area (Å²) in [4.78, 5) is 16.5. The summed E-state index contributed by atoms with van der Waals surface area (Å²) in [7, 11) is 0. The molecule has 0 aliphatic carbocycles. The van der Waals surface area contributed by atoms with Crippen molar-refractivity contribution in [2.75, 3.05) is 25.0 Å². The van der Waals surface area contributed by atoms with Gasteiger partial charge in [-0.3, -0.25) is 9.25 Å². The lowest BCUT2D eigenvalue weighted by atomic mass is 9.76. The van der Waals surface area contributed by atoms with Crippen molar-refractivity contribution in [2.24, 2.45) is 0 Å². The molecule has 0 radical (unpaired) electrons. The first-order valence-corrected chi connectivity index (χ1v) is 15.1. The molecule has 228 valence electrons. The van der Waals surface area contributed by atoms with Crippen LogP contribution < -0.4 is 10.1 Å². The number of aromatic carboxylic acids is 1. The summed E-state index contributed by atoms with van der Waals surface area (Å²) >= 11 is 0. The maximum Gasteiger partial charge on any atom is 0.335 e. The SMILES string of the molecule is [NH-]CCCOc1cc(C(=O)O)cc2cnn(CCCNc3nccn3C(c3ccccc3)(c3ccccc3)c3ccccc3)c12. The van der Waals surface area contributed by atoms with Crippen molar-refractivity contribution >= 4 is 22.8 Å². The highest BCUT2D eigenvalue weighted by atomic mass is 16.5. The van der Waals surface area contributed by atoms with E-state index in [1.807, 2.05) is 35.3 Å². The highest BCUT2D eigenvalue weighted by Gasteiger charge is 2.39. The number of carboxylic acid groups (broad SMARTS) is 1. The molecule has 0 bridgehead atoms. The number of carbonyl (C=O) groups is 1. The van der Waals surface area contributed by atoms with Crippen molar-refractivity contribution in [1.82, 2.24) is 19.3 Å². The van der Waals surface area contributed by atoms with E-state index in [1.165, 1.54) is 6.07 Å². The van der Waals surface area contributed by atoms with Crippen molar-refractivity contribution in [3.8, 4) is 5.75 Å². The fourth-order valence-corrected chi connectivity index (χ4v) is 5.94. The summed E-state index contributed by atoms with van der Waals surface area (Å²) in [5.41, 5.74) is 11.0. The minimum atomic E-state index is -1.02. The molecule has 2 aromatic heterocycles. The Hall–Kier alpha value is -5.41. The molecule has 0 unspecified atom stereocenters. The molecule has 0 aliphatic heterocycles. The molecule has 0 spiro atoms. The van der Waals surface area contributed by atoms with Crippen LogP contribution in [0.1, 0.15) is 39.9 Å². The number of ether oxygens (including phenoxy) is 1. The van der Waals surface area contributed by atoms with Gasteiger partial charge in [0, 0.05) is 30.9 Å². The van der Waals surface area contributed by atoms with Crippen molar-refractivity contribution in [3.05, 3.63) is 150 Å².